The molecule has 2 N–H and O–H groups in total. The number of esters is 1. The molecule has 0 spiro atoms. The van der Waals surface area contributed by atoms with Crippen molar-refractivity contribution in [3.63, 3.8) is 0 Å². The lowest BCUT2D eigenvalue weighted by Gasteiger charge is -2.23. The Morgan fingerprint density at radius 1 is 1.53 bits per heavy atom. The third-order valence-corrected chi connectivity index (χ3v) is 3.41. The molecule has 104 valence electrons. The zero-order valence-corrected chi connectivity index (χ0v) is 11.5. The molecule has 0 fully saturated rings. The molecular weight excluding hydrogens is 242 g/mol. The fourth-order valence-corrected chi connectivity index (χ4v) is 2.41. The molecular formula is C15H21NO3. The Kier molecular flexibility index (Phi) is 4.43. The minimum Gasteiger partial charge on any atom is -0.479 e. The maximum absolute atomic E-state index is 11.5. The highest BCUT2D eigenvalue weighted by Crippen LogP contribution is 2.30. The Morgan fingerprint density at radius 3 is 3.05 bits per heavy atom. The van der Waals surface area contributed by atoms with Crippen LogP contribution in [0, 0.1) is 0 Å². The molecule has 1 aliphatic rings. The number of hydrogen-bond acceptors (Lipinski definition) is 4. The molecule has 2 unspecified atom stereocenters. The van der Waals surface area contributed by atoms with E-state index in [4.69, 9.17) is 15.2 Å². The summed E-state index contributed by atoms with van der Waals surface area (Å²) in [5.41, 5.74) is 8.50. The van der Waals surface area contributed by atoms with Gasteiger partial charge in [-0.15, -0.1) is 0 Å². The first kappa shape index (κ1) is 13.9. The van der Waals surface area contributed by atoms with Gasteiger partial charge in [0.05, 0.1) is 6.61 Å². The van der Waals surface area contributed by atoms with E-state index in [0.29, 0.717) is 12.4 Å². The summed E-state index contributed by atoms with van der Waals surface area (Å²) < 4.78 is 10.5. The molecule has 0 amide bonds. The second kappa shape index (κ2) is 6.06. The second-order valence-corrected chi connectivity index (χ2v) is 4.87. The van der Waals surface area contributed by atoms with Gasteiger partial charge in [-0.3, -0.25) is 0 Å². The molecule has 2 atom stereocenters. The fraction of sp³-hybridized carbons (Fsp3) is 0.533. The van der Waals surface area contributed by atoms with Gasteiger partial charge in [0, 0.05) is 6.04 Å². The van der Waals surface area contributed by atoms with E-state index in [1.54, 1.807) is 13.8 Å². The van der Waals surface area contributed by atoms with Crippen LogP contribution in [-0.2, 0) is 16.0 Å². The molecule has 0 heterocycles. The average molecular weight is 263 g/mol. The summed E-state index contributed by atoms with van der Waals surface area (Å²) in [7, 11) is 0. The number of ether oxygens (including phenoxy) is 2. The summed E-state index contributed by atoms with van der Waals surface area (Å²) >= 11 is 0. The largest absolute Gasteiger partial charge is 0.479 e. The molecule has 1 aromatic rings. The first-order valence-electron chi connectivity index (χ1n) is 6.83. The van der Waals surface area contributed by atoms with E-state index in [2.05, 4.69) is 0 Å². The number of fused-ring (bicyclic) bond motifs is 1. The van der Waals surface area contributed by atoms with Gasteiger partial charge in [-0.1, -0.05) is 6.07 Å². The van der Waals surface area contributed by atoms with E-state index in [1.165, 1.54) is 11.1 Å². The Balaban J connectivity index is 2.08. The average Bonchev–Trinajstić information content (AvgIpc) is 2.39. The summed E-state index contributed by atoms with van der Waals surface area (Å²) in [5.74, 6) is 0.366. The van der Waals surface area contributed by atoms with Gasteiger partial charge in [-0.25, -0.2) is 4.79 Å². The van der Waals surface area contributed by atoms with Crippen molar-refractivity contribution in [2.75, 3.05) is 6.61 Å². The summed E-state index contributed by atoms with van der Waals surface area (Å²) in [4.78, 5) is 11.5. The molecule has 19 heavy (non-hydrogen) atoms. The van der Waals surface area contributed by atoms with Crippen LogP contribution in [0.2, 0.25) is 0 Å². The highest BCUT2D eigenvalue weighted by molar-refractivity contribution is 5.74. The quantitative estimate of drug-likeness (QED) is 0.847. The van der Waals surface area contributed by atoms with Crippen molar-refractivity contribution in [3.05, 3.63) is 29.3 Å². The number of rotatable bonds is 4. The summed E-state index contributed by atoms with van der Waals surface area (Å²) in [5, 5.41) is 0. The number of nitrogens with two attached hydrogens (primary N) is 1. The van der Waals surface area contributed by atoms with Gasteiger partial charge in [0.1, 0.15) is 5.75 Å². The van der Waals surface area contributed by atoms with Gasteiger partial charge in [0.15, 0.2) is 6.10 Å². The molecule has 0 bridgehead atoms. The van der Waals surface area contributed by atoms with Gasteiger partial charge in [0.2, 0.25) is 0 Å². The number of carbonyl (C=O) groups excluding carboxylic acids is 1. The number of carbonyl (C=O) groups is 1. The lowest BCUT2D eigenvalue weighted by atomic mass is 9.88. The van der Waals surface area contributed by atoms with Crippen LogP contribution in [0.3, 0.4) is 0 Å². The molecule has 0 aromatic heterocycles. The smallest absolute Gasteiger partial charge is 0.347 e. The Labute approximate surface area is 113 Å². The van der Waals surface area contributed by atoms with Crippen LogP contribution in [0.15, 0.2) is 18.2 Å². The first-order chi connectivity index (χ1) is 9.11. The Hall–Kier alpha value is -1.55. The van der Waals surface area contributed by atoms with Crippen LogP contribution in [0.25, 0.3) is 0 Å². The van der Waals surface area contributed by atoms with Crippen molar-refractivity contribution < 1.29 is 14.3 Å². The molecule has 0 saturated heterocycles. The predicted molar refractivity (Wildman–Crippen MR) is 73.0 cm³/mol. The topological polar surface area (TPSA) is 61.5 Å². The molecule has 1 aromatic carbocycles. The SMILES string of the molecule is CCOC(=O)C(C)Oc1ccc2c(c1)CCCC2N. The molecule has 2 rings (SSSR count). The highest BCUT2D eigenvalue weighted by Gasteiger charge is 2.19. The molecule has 0 radical (unpaired) electrons. The van der Waals surface area contributed by atoms with Crippen LogP contribution in [0.4, 0.5) is 0 Å². The van der Waals surface area contributed by atoms with Crippen molar-refractivity contribution in [2.45, 2.75) is 45.3 Å². The van der Waals surface area contributed by atoms with Crippen molar-refractivity contribution in [1.82, 2.24) is 0 Å². The summed E-state index contributed by atoms with van der Waals surface area (Å²) in [6.07, 6.45) is 2.57. The zero-order valence-electron chi connectivity index (χ0n) is 11.5. The number of aryl methyl sites for hydroxylation is 1. The molecule has 1 aliphatic carbocycles. The first-order valence-corrected chi connectivity index (χ1v) is 6.83. The Bertz CT molecular complexity index is 459. The standard InChI is InChI=1S/C15H21NO3/c1-3-18-15(17)10(2)19-12-7-8-13-11(9-12)5-4-6-14(13)16/h7-10,14H,3-6,16H2,1-2H3. The molecule has 0 saturated carbocycles. The molecule has 4 nitrogen and oxygen atoms in total. The van der Waals surface area contributed by atoms with Crippen LogP contribution in [-0.4, -0.2) is 18.7 Å². The van der Waals surface area contributed by atoms with Crippen molar-refractivity contribution in [1.29, 1.82) is 0 Å². The van der Waals surface area contributed by atoms with Gasteiger partial charge in [-0.2, -0.15) is 0 Å². The van der Waals surface area contributed by atoms with E-state index in [-0.39, 0.29) is 12.0 Å². The maximum Gasteiger partial charge on any atom is 0.347 e. The Morgan fingerprint density at radius 2 is 2.32 bits per heavy atom. The third-order valence-electron chi connectivity index (χ3n) is 3.41. The zero-order chi connectivity index (χ0) is 13.8. The van der Waals surface area contributed by atoms with Gasteiger partial charge in [0.25, 0.3) is 0 Å². The molecule has 0 aliphatic heterocycles. The van der Waals surface area contributed by atoms with E-state index in [9.17, 15) is 4.79 Å². The van der Waals surface area contributed by atoms with Crippen LogP contribution in [0.1, 0.15) is 43.9 Å². The van der Waals surface area contributed by atoms with E-state index in [1.807, 2.05) is 18.2 Å². The monoisotopic (exact) mass is 263 g/mol. The second-order valence-electron chi connectivity index (χ2n) is 4.87. The van der Waals surface area contributed by atoms with Gasteiger partial charge >= 0.3 is 5.97 Å². The predicted octanol–water partition coefficient (Wildman–Crippen LogP) is 2.35. The van der Waals surface area contributed by atoms with E-state index < -0.39 is 6.10 Å². The van der Waals surface area contributed by atoms with E-state index >= 15 is 0 Å². The summed E-state index contributed by atoms with van der Waals surface area (Å²) in [6, 6.07) is 6.00. The number of benzene rings is 1. The number of hydrogen-bond donors (Lipinski definition) is 1. The maximum atomic E-state index is 11.5. The van der Waals surface area contributed by atoms with Crippen molar-refractivity contribution >= 4 is 5.97 Å². The lowest BCUT2D eigenvalue weighted by Crippen LogP contribution is -2.26. The normalized spacial score (nSPS) is 19.4. The third kappa shape index (κ3) is 3.26. The fourth-order valence-electron chi connectivity index (χ4n) is 2.41. The van der Waals surface area contributed by atoms with Gasteiger partial charge in [-0.05, 0) is 56.4 Å². The van der Waals surface area contributed by atoms with Crippen molar-refractivity contribution in [2.24, 2.45) is 5.73 Å². The molecule has 4 heteroatoms. The van der Waals surface area contributed by atoms with Crippen LogP contribution < -0.4 is 10.5 Å². The van der Waals surface area contributed by atoms with E-state index in [0.717, 1.165) is 19.3 Å². The van der Waals surface area contributed by atoms with Crippen LogP contribution >= 0.6 is 0 Å². The van der Waals surface area contributed by atoms with Crippen LogP contribution in [0.5, 0.6) is 5.75 Å². The highest BCUT2D eigenvalue weighted by atomic mass is 16.6. The van der Waals surface area contributed by atoms with Crippen molar-refractivity contribution in [3.8, 4) is 5.75 Å². The van der Waals surface area contributed by atoms with Gasteiger partial charge < -0.3 is 15.2 Å². The lowest BCUT2D eigenvalue weighted by molar-refractivity contribution is -0.150. The minimum atomic E-state index is -0.588. The summed E-state index contributed by atoms with van der Waals surface area (Å²) in [6.45, 7) is 3.85. The minimum absolute atomic E-state index is 0.125.